The van der Waals surface area contributed by atoms with Gasteiger partial charge in [-0.05, 0) is 49.6 Å². The van der Waals surface area contributed by atoms with Crippen molar-refractivity contribution in [3.8, 4) is 0 Å². The normalized spacial score (nSPS) is 13.6. The van der Waals surface area contributed by atoms with E-state index in [9.17, 15) is 0 Å². The lowest BCUT2D eigenvalue weighted by atomic mass is 10.2. The molecule has 0 spiro atoms. The van der Waals surface area contributed by atoms with Crippen LogP contribution in [0.4, 0.5) is 23.0 Å². The molecule has 0 bridgehead atoms. The Balaban J connectivity index is 1.43. The lowest BCUT2D eigenvalue weighted by molar-refractivity contribution is 0.949. The summed E-state index contributed by atoms with van der Waals surface area (Å²) in [5.74, 6) is 2.36. The number of nitrogens with zero attached hydrogens (tertiary/aromatic N) is 3. The Morgan fingerprint density at radius 2 is 1.59 bits per heavy atom. The molecule has 0 saturated carbocycles. The van der Waals surface area contributed by atoms with E-state index >= 15 is 0 Å². The molecule has 2 aromatic carbocycles. The minimum absolute atomic E-state index is 0.737. The average Bonchev–Trinajstić information content (AvgIpc) is 3.22. The number of anilines is 4. The van der Waals surface area contributed by atoms with Crippen LogP contribution in [0.2, 0.25) is 0 Å². The van der Waals surface area contributed by atoms with Crippen molar-refractivity contribution in [1.29, 1.82) is 0 Å². The highest BCUT2D eigenvalue weighted by Gasteiger charge is 2.12. The van der Waals surface area contributed by atoms with Crippen molar-refractivity contribution in [2.75, 3.05) is 28.6 Å². The maximum absolute atomic E-state index is 4.51. The molecular formula is C22H25N5. The molecule has 4 rings (SSSR count). The summed E-state index contributed by atoms with van der Waals surface area (Å²) in [6.45, 7) is 4.97. The van der Waals surface area contributed by atoms with Gasteiger partial charge in [0.15, 0.2) is 0 Å². The molecule has 5 heteroatoms. The summed E-state index contributed by atoms with van der Waals surface area (Å²) in [6, 6.07) is 20.8. The molecule has 2 heterocycles. The quantitative estimate of drug-likeness (QED) is 0.666. The lowest BCUT2D eigenvalue weighted by Gasteiger charge is -2.18. The Hall–Kier alpha value is -3.08. The number of hydrogen-bond donors (Lipinski definition) is 2. The molecule has 0 atom stereocenters. The summed E-state index contributed by atoms with van der Waals surface area (Å²) in [6.07, 6.45) is 2.58. The van der Waals surface area contributed by atoms with Gasteiger partial charge in [-0.15, -0.1) is 0 Å². The van der Waals surface area contributed by atoms with Gasteiger partial charge in [0.1, 0.15) is 17.5 Å². The molecular weight excluding hydrogens is 334 g/mol. The van der Waals surface area contributed by atoms with E-state index in [1.54, 1.807) is 0 Å². The van der Waals surface area contributed by atoms with Crippen LogP contribution in [0.25, 0.3) is 0 Å². The summed E-state index contributed by atoms with van der Waals surface area (Å²) in [5.41, 5.74) is 3.55. The Morgan fingerprint density at radius 1 is 0.889 bits per heavy atom. The molecule has 1 aliphatic heterocycles. The van der Waals surface area contributed by atoms with Crippen molar-refractivity contribution in [2.24, 2.45) is 0 Å². The zero-order valence-electron chi connectivity index (χ0n) is 15.7. The van der Waals surface area contributed by atoms with Gasteiger partial charge in [-0.2, -0.15) is 0 Å². The van der Waals surface area contributed by atoms with Gasteiger partial charge in [-0.3, -0.25) is 0 Å². The highest BCUT2D eigenvalue weighted by molar-refractivity contribution is 5.62. The summed E-state index contributed by atoms with van der Waals surface area (Å²) in [5, 5.41) is 6.77. The largest absolute Gasteiger partial charge is 0.372 e. The fraction of sp³-hybridized carbons (Fsp3) is 0.273. The monoisotopic (exact) mass is 359 g/mol. The third-order valence-electron chi connectivity index (χ3n) is 4.77. The van der Waals surface area contributed by atoms with Crippen molar-refractivity contribution >= 4 is 23.0 Å². The van der Waals surface area contributed by atoms with E-state index in [0.29, 0.717) is 0 Å². The second-order valence-electron chi connectivity index (χ2n) is 6.89. The highest BCUT2D eigenvalue weighted by atomic mass is 15.1. The number of benzene rings is 2. The molecule has 0 unspecified atom stereocenters. The Bertz CT molecular complexity index is 871. The van der Waals surface area contributed by atoms with Crippen LogP contribution < -0.4 is 15.5 Å². The van der Waals surface area contributed by atoms with Crippen molar-refractivity contribution < 1.29 is 0 Å². The third-order valence-corrected chi connectivity index (χ3v) is 4.77. The molecule has 138 valence electrons. The standard InChI is InChI=1S/C22H25N5/c1-17-24-21(23-16-18-7-3-2-4-8-18)15-22(25-17)26-19-9-11-20(12-10-19)27-13-5-6-14-27/h2-4,7-12,15H,5-6,13-14,16H2,1H3,(H2,23,24,25,26). The first-order valence-electron chi connectivity index (χ1n) is 9.52. The first kappa shape index (κ1) is 17.3. The van der Waals surface area contributed by atoms with E-state index in [2.05, 4.69) is 61.9 Å². The topological polar surface area (TPSA) is 53.1 Å². The van der Waals surface area contributed by atoms with E-state index in [1.807, 2.05) is 31.2 Å². The van der Waals surface area contributed by atoms with Crippen molar-refractivity contribution in [2.45, 2.75) is 26.3 Å². The molecule has 0 radical (unpaired) electrons. The molecule has 0 aliphatic carbocycles. The molecule has 5 nitrogen and oxygen atoms in total. The Kier molecular flexibility index (Phi) is 5.19. The number of rotatable bonds is 6. The van der Waals surface area contributed by atoms with E-state index < -0.39 is 0 Å². The maximum atomic E-state index is 4.51. The first-order chi connectivity index (χ1) is 13.3. The molecule has 27 heavy (non-hydrogen) atoms. The van der Waals surface area contributed by atoms with Gasteiger partial charge in [0.05, 0.1) is 0 Å². The van der Waals surface area contributed by atoms with Crippen LogP contribution in [-0.2, 0) is 6.54 Å². The van der Waals surface area contributed by atoms with E-state index in [4.69, 9.17) is 0 Å². The number of nitrogens with one attached hydrogen (secondary N) is 2. The fourth-order valence-electron chi connectivity index (χ4n) is 3.39. The van der Waals surface area contributed by atoms with Crippen LogP contribution in [-0.4, -0.2) is 23.1 Å². The van der Waals surface area contributed by atoms with Gasteiger partial charge in [-0.1, -0.05) is 30.3 Å². The molecule has 1 fully saturated rings. The average molecular weight is 359 g/mol. The summed E-state index contributed by atoms with van der Waals surface area (Å²) >= 11 is 0. The van der Waals surface area contributed by atoms with Crippen LogP contribution in [0, 0.1) is 6.92 Å². The Morgan fingerprint density at radius 3 is 2.33 bits per heavy atom. The minimum Gasteiger partial charge on any atom is -0.372 e. The first-order valence-corrected chi connectivity index (χ1v) is 9.52. The van der Waals surface area contributed by atoms with Crippen molar-refractivity contribution in [3.63, 3.8) is 0 Å². The number of aryl methyl sites for hydroxylation is 1. The molecule has 1 aromatic heterocycles. The molecule has 2 N–H and O–H groups in total. The zero-order chi connectivity index (χ0) is 18.5. The smallest absolute Gasteiger partial charge is 0.136 e. The second kappa shape index (κ2) is 8.08. The SMILES string of the molecule is Cc1nc(NCc2ccccc2)cc(Nc2ccc(N3CCCC3)cc2)n1. The zero-order valence-corrected chi connectivity index (χ0v) is 15.7. The summed E-state index contributed by atoms with van der Waals surface area (Å²) in [4.78, 5) is 11.4. The molecule has 1 aliphatic rings. The van der Waals surface area contributed by atoms with Gasteiger partial charge >= 0.3 is 0 Å². The number of hydrogen-bond acceptors (Lipinski definition) is 5. The predicted molar refractivity (Wildman–Crippen MR) is 112 cm³/mol. The van der Waals surface area contributed by atoms with Crippen LogP contribution in [0.15, 0.2) is 60.7 Å². The second-order valence-corrected chi connectivity index (χ2v) is 6.89. The number of aromatic nitrogens is 2. The van der Waals surface area contributed by atoms with Gasteiger partial charge < -0.3 is 15.5 Å². The van der Waals surface area contributed by atoms with Crippen molar-refractivity contribution in [1.82, 2.24) is 9.97 Å². The molecule has 1 saturated heterocycles. The lowest BCUT2D eigenvalue weighted by Crippen LogP contribution is -2.17. The molecule has 0 amide bonds. The van der Waals surface area contributed by atoms with Crippen LogP contribution >= 0.6 is 0 Å². The minimum atomic E-state index is 0.737. The van der Waals surface area contributed by atoms with Crippen molar-refractivity contribution in [3.05, 3.63) is 72.1 Å². The summed E-state index contributed by atoms with van der Waals surface area (Å²) in [7, 11) is 0. The third kappa shape index (κ3) is 4.56. The van der Waals surface area contributed by atoms with E-state index in [1.165, 1.54) is 24.1 Å². The van der Waals surface area contributed by atoms with E-state index in [-0.39, 0.29) is 0 Å². The highest BCUT2D eigenvalue weighted by Crippen LogP contribution is 2.24. The van der Waals surface area contributed by atoms with E-state index in [0.717, 1.165) is 42.8 Å². The van der Waals surface area contributed by atoms with Gasteiger partial charge in [0.2, 0.25) is 0 Å². The Labute approximate surface area is 160 Å². The van der Waals surface area contributed by atoms with Gasteiger partial charge in [0, 0.05) is 37.1 Å². The van der Waals surface area contributed by atoms with Crippen LogP contribution in [0.3, 0.4) is 0 Å². The van der Waals surface area contributed by atoms with Gasteiger partial charge in [-0.25, -0.2) is 9.97 Å². The summed E-state index contributed by atoms with van der Waals surface area (Å²) < 4.78 is 0. The van der Waals surface area contributed by atoms with Gasteiger partial charge in [0.25, 0.3) is 0 Å². The fourth-order valence-corrected chi connectivity index (χ4v) is 3.39. The molecule has 3 aromatic rings. The predicted octanol–water partition coefficient (Wildman–Crippen LogP) is 4.74. The van der Waals surface area contributed by atoms with Crippen LogP contribution in [0.1, 0.15) is 24.2 Å². The maximum Gasteiger partial charge on any atom is 0.136 e. The van der Waals surface area contributed by atoms with Crippen LogP contribution in [0.5, 0.6) is 0 Å².